The lowest BCUT2D eigenvalue weighted by Crippen LogP contribution is -2.51. The molecule has 0 heterocycles. The number of hydrogen-bond acceptors (Lipinski definition) is 4. The van der Waals surface area contributed by atoms with E-state index >= 15 is 0 Å². The maximum Gasteiger partial charge on any atom is 0.264 e. The van der Waals surface area contributed by atoms with E-state index in [9.17, 15) is 18.0 Å². The van der Waals surface area contributed by atoms with E-state index in [1.54, 1.807) is 62.4 Å². The Balaban J connectivity index is 1.99. The highest BCUT2D eigenvalue weighted by atomic mass is 32.2. The van der Waals surface area contributed by atoms with Crippen LogP contribution in [-0.2, 0) is 26.2 Å². The third-order valence-electron chi connectivity index (χ3n) is 5.61. The molecule has 0 aliphatic heterocycles. The minimum absolute atomic E-state index is 0.0821. The minimum Gasteiger partial charge on any atom is -0.355 e. The molecular formula is C27H31N3O4S. The van der Waals surface area contributed by atoms with Crippen LogP contribution in [0.2, 0.25) is 0 Å². The molecule has 0 saturated heterocycles. The summed E-state index contributed by atoms with van der Waals surface area (Å²) in [7, 11) is -4.03. The van der Waals surface area contributed by atoms with Crippen LogP contribution in [0.5, 0.6) is 0 Å². The van der Waals surface area contributed by atoms with Crippen LogP contribution >= 0.6 is 0 Å². The summed E-state index contributed by atoms with van der Waals surface area (Å²) in [6, 6.07) is 23.4. The molecule has 7 nitrogen and oxygen atoms in total. The Kier molecular flexibility index (Phi) is 8.65. The molecule has 1 N–H and O–H groups in total. The van der Waals surface area contributed by atoms with Gasteiger partial charge in [-0.25, -0.2) is 8.42 Å². The summed E-state index contributed by atoms with van der Waals surface area (Å²) in [5.41, 5.74) is 2.25. The summed E-state index contributed by atoms with van der Waals surface area (Å²) in [6.45, 7) is 5.56. The maximum absolute atomic E-state index is 13.7. The number of carbonyl (C=O) groups is 2. The zero-order valence-electron chi connectivity index (χ0n) is 20.2. The van der Waals surface area contributed by atoms with Gasteiger partial charge >= 0.3 is 0 Å². The molecule has 0 saturated carbocycles. The van der Waals surface area contributed by atoms with Crippen molar-refractivity contribution in [2.24, 2.45) is 0 Å². The molecule has 3 aromatic carbocycles. The quantitative estimate of drug-likeness (QED) is 0.466. The number of likely N-dealkylation sites (N-methyl/N-ethyl adjacent to an activating group) is 1. The molecule has 0 radical (unpaired) electrons. The number of rotatable bonds is 10. The molecule has 0 aliphatic carbocycles. The normalized spacial score (nSPS) is 12.0. The summed E-state index contributed by atoms with van der Waals surface area (Å²) in [5.74, 6) is -0.778. The second kappa shape index (κ2) is 11.7. The van der Waals surface area contributed by atoms with Gasteiger partial charge in [-0.3, -0.25) is 13.9 Å². The van der Waals surface area contributed by atoms with Gasteiger partial charge in [0.1, 0.15) is 12.6 Å². The SMILES string of the molecule is CCNC(=O)[C@H](C)N(Cc1cccc(C)c1)C(=O)CN(c1ccccc1)S(=O)(=O)c1ccccc1. The molecule has 0 bridgehead atoms. The first-order valence-electron chi connectivity index (χ1n) is 11.5. The number of amides is 2. The lowest BCUT2D eigenvalue weighted by molar-refractivity contribution is -0.139. The van der Waals surface area contributed by atoms with Gasteiger partial charge in [0.25, 0.3) is 10.0 Å². The fourth-order valence-corrected chi connectivity index (χ4v) is 5.19. The predicted octanol–water partition coefficient (Wildman–Crippen LogP) is 3.74. The van der Waals surface area contributed by atoms with Crippen molar-refractivity contribution in [3.05, 3.63) is 96.1 Å². The van der Waals surface area contributed by atoms with E-state index in [4.69, 9.17) is 0 Å². The van der Waals surface area contributed by atoms with Gasteiger partial charge in [-0.1, -0.05) is 66.2 Å². The molecule has 3 aromatic rings. The van der Waals surface area contributed by atoms with Gasteiger partial charge in [-0.15, -0.1) is 0 Å². The van der Waals surface area contributed by atoms with Crippen LogP contribution in [0, 0.1) is 6.92 Å². The van der Waals surface area contributed by atoms with Crippen LogP contribution in [-0.4, -0.2) is 44.3 Å². The van der Waals surface area contributed by atoms with Gasteiger partial charge in [0.05, 0.1) is 10.6 Å². The molecule has 0 unspecified atom stereocenters. The highest BCUT2D eigenvalue weighted by Crippen LogP contribution is 2.24. The third kappa shape index (κ3) is 6.48. The third-order valence-corrected chi connectivity index (χ3v) is 7.40. The Hall–Kier alpha value is -3.65. The van der Waals surface area contributed by atoms with Crippen molar-refractivity contribution >= 4 is 27.5 Å². The topological polar surface area (TPSA) is 86.8 Å². The molecule has 184 valence electrons. The van der Waals surface area contributed by atoms with Crippen molar-refractivity contribution in [3.8, 4) is 0 Å². The molecule has 2 amide bonds. The summed E-state index contributed by atoms with van der Waals surface area (Å²) >= 11 is 0. The monoisotopic (exact) mass is 493 g/mol. The fourth-order valence-electron chi connectivity index (χ4n) is 3.75. The fraction of sp³-hybridized carbons (Fsp3) is 0.259. The standard InChI is InChI=1S/C27H31N3O4S/c1-4-28-27(32)22(3)29(19-23-13-11-12-21(2)18-23)26(31)20-30(24-14-7-5-8-15-24)35(33,34)25-16-9-6-10-17-25/h5-18,22H,4,19-20H2,1-3H3,(H,28,32)/t22-/m0/s1. The number of anilines is 1. The predicted molar refractivity (Wildman–Crippen MR) is 137 cm³/mol. The van der Waals surface area contributed by atoms with Gasteiger partial charge < -0.3 is 10.2 Å². The molecule has 0 fully saturated rings. The average molecular weight is 494 g/mol. The van der Waals surface area contributed by atoms with E-state index in [1.165, 1.54) is 17.0 Å². The van der Waals surface area contributed by atoms with Crippen molar-refractivity contribution in [2.75, 3.05) is 17.4 Å². The maximum atomic E-state index is 13.7. The zero-order chi connectivity index (χ0) is 25.4. The molecule has 0 aromatic heterocycles. The summed E-state index contributed by atoms with van der Waals surface area (Å²) in [5, 5.41) is 2.75. The number of para-hydroxylation sites is 1. The van der Waals surface area contributed by atoms with Crippen LogP contribution in [0.15, 0.2) is 89.8 Å². The molecular weight excluding hydrogens is 462 g/mol. The van der Waals surface area contributed by atoms with Crippen molar-refractivity contribution in [1.29, 1.82) is 0 Å². The Morgan fingerprint density at radius 2 is 1.54 bits per heavy atom. The van der Waals surface area contributed by atoms with Crippen LogP contribution < -0.4 is 9.62 Å². The minimum atomic E-state index is -4.03. The van der Waals surface area contributed by atoms with Crippen molar-refractivity contribution in [1.82, 2.24) is 10.2 Å². The molecule has 0 aliphatic rings. The largest absolute Gasteiger partial charge is 0.355 e. The molecule has 0 spiro atoms. The molecule has 3 rings (SSSR count). The number of sulfonamides is 1. The number of aryl methyl sites for hydroxylation is 1. The van der Waals surface area contributed by atoms with E-state index < -0.39 is 28.5 Å². The van der Waals surface area contributed by atoms with Gasteiger partial charge in [0, 0.05) is 13.1 Å². The number of hydrogen-bond donors (Lipinski definition) is 1. The summed E-state index contributed by atoms with van der Waals surface area (Å²) in [4.78, 5) is 27.9. The van der Waals surface area contributed by atoms with Crippen LogP contribution in [0.1, 0.15) is 25.0 Å². The number of nitrogens with zero attached hydrogens (tertiary/aromatic N) is 2. The Bertz CT molecular complexity index is 1250. The van der Waals surface area contributed by atoms with Gasteiger partial charge in [0.2, 0.25) is 11.8 Å². The lowest BCUT2D eigenvalue weighted by Gasteiger charge is -2.32. The molecule has 1 atom stereocenters. The van der Waals surface area contributed by atoms with Gasteiger partial charge in [0.15, 0.2) is 0 Å². The van der Waals surface area contributed by atoms with Crippen LogP contribution in [0.25, 0.3) is 0 Å². The van der Waals surface area contributed by atoms with Crippen molar-refractivity contribution in [3.63, 3.8) is 0 Å². The molecule has 8 heteroatoms. The summed E-state index contributed by atoms with van der Waals surface area (Å²) < 4.78 is 28.2. The van der Waals surface area contributed by atoms with E-state index in [-0.39, 0.29) is 17.3 Å². The van der Waals surface area contributed by atoms with Crippen molar-refractivity contribution in [2.45, 2.75) is 38.3 Å². The van der Waals surface area contributed by atoms with E-state index in [0.29, 0.717) is 12.2 Å². The highest BCUT2D eigenvalue weighted by molar-refractivity contribution is 7.92. The lowest BCUT2D eigenvalue weighted by atomic mass is 10.1. The van der Waals surface area contributed by atoms with E-state index in [2.05, 4.69) is 5.32 Å². The zero-order valence-corrected chi connectivity index (χ0v) is 21.0. The van der Waals surface area contributed by atoms with Crippen LogP contribution in [0.3, 0.4) is 0 Å². The highest BCUT2D eigenvalue weighted by Gasteiger charge is 2.32. The first kappa shape index (κ1) is 26.0. The second-order valence-corrected chi connectivity index (χ2v) is 10.1. The second-order valence-electron chi connectivity index (χ2n) is 8.24. The number of nitrogens with one attached hydrogen (secondary N) is 1. The van der Waals surface area contributed by atoms with Gasteiger partial charge in [-0.05, 0) is 50.6 Å². The number of benzene rings is 3. The number of carbonyl (C=O) groups excluding carboxylic acids is 2. The Morgan fingerprint density at radius 3 is 2.14 bits per heavy atom. The van der Waals surface area contributed by atoms with E-state index in [1.807, 2.05) is 31.2 Å². The van der Waals surface area contributed by atoms with E-state index in [0.717, 1.165) is 15.4 Å². The smallest absolute Gasteiger partial charge is 0.264 e. The Morgan fingerprint density at radius 1 is 0.914 bits per heavy atom. The van der Waals surface area contributed by atoms with Crippen LogP contribution in [0.4, 0.5) is 5.69 Å². The first-order valence-corrected chi connectivity index (χ1v) is 12.9. The Labute approximate surface area is 207 Å². The average Bonchev–Trinajstić information content (AvgIpc) is 2.86. The summed E-state index contributed by atoms with van der Waals surface area (Å²) in [6.07, 6.45) is 0. The van der Waals surface area contributed by atoms with Crippen molar-refractivity contribution < 1.29 is 18.0 Å². The first-order chi connectivity index (χ1) is 16.7. The van der Waals surface area contributed by atoms with Gasteiger partial charge in [-0.2, -0.15) is 0 Å². The molecule has 35 heavy (non-hydrogen) atoms.